The van der Waals surface area contributed by atoms with Crippen LogP contribution in [0.1, 0.15) is 6.42 Å². The highest BCUT2D eigenvalue weighted by molar-refractivity contribution is 8.03. The molecule has 0 amide bonds. The van der Waals surface area contributed by atoms with Gasteiger partial charge in [-0.1, -0.05) is 30.0 Å². The molecule has 0 aliphatic heterocycles. The van der Waals surface area contributed by atoms with Crippen molar-refractivity contribution in [2.75, 3.05) is 0 Å². The molecule has 9 heteroatoms. The molecule has 124 valence electrons. The van der Waals surface area contributed by atoms with Gasteiger partial charge in [0.25, 0.3) is 0 Å². The lowest BCUT2D eigenvalue weighted by Gasteiger charge is -2.18. The highest BCUT2D eigenvalue weighted by atomic mass is 32.2. The Balaban J connectivity index is 2.97. The van der Waals surface area contributed by atoms with Crippen LogP contribution in [-0.4, -0.2) is 34.8 Å². The van der Waals surface area contributed by atoms with Crippen molar-refractivity contribution >= 4 is 11.8 Å². The van der Waals surface area contributed by atoms with Gasteiger partial charge < -0.3 is 10.2 Å². The largest absolute Gasteiger partial charge is 0.418 e. The van der Waals surface area contributed by atoms with E-state index in [-0.39, 0.29) is 6.08 Å². The van der Waals surface area contributed by atoms with Crippen LogP contribution in [0.3, 0.4) is 0 Å². The van der Waals surface area contributed by atoms with E-state index in [4.69, 9.17) is 10.2 Å². The summed E-state index contributed by atoms with van der Waals surface area (Å²) in [5.74, 6) is 0. The number of benzene rings is 1. The second-order valence-corrected chi connectivity index (χ2v) is 5.50. The Hall–Kier alpha value is -1.19. The van der Waals surface area contributed by atoms with Crippen LogP contribution in [0, 0.1) is 0 Å². The predicted octanol–water partition coefficient (Wildman–Crippen LogP) is 3.90. The summed E-state index contributed by atoms with van der Waals surface area (Å²) in [7, 11) is 0. The van der Waals surface area contributed by atoms with Crippen molar-refractivity contribution in [3.05, 3.63) is 41.3 Å². The molecule has 0 saturated carbocycles. The van der Waals surface area contributed by atoms with E-state index in [0.29, 0.717) is 16.7 Å². The number of hydrogen-bond donors (Lipinski definition) is 2. The first-order chi connectivity index (χ1) is 10.00. The van der Waals surface area contributed by atoms with Crippen LogP contribution in [0.4, 0.5) is 26.3 Å². The molecule has 0 fully saturated rings. The Morgan fingerprint density at radius 1 is 1.00 bits per heavy atom. The van der Waals surface area contributed by atoms with Crippen molar-refractivity contribution in [3.8, 4) is 0 Å². The molecule has 2 atom stereocenters. The third-order valence-electron chi connectivity index (χ3n) is 2.44. The summed E-state index contributed by atoms with van der Waals surface area (Å²) < 4.78 is 74.0. The summed E-state index contributed by atoms with van der Waals surface area (Å²) in [6.45, 7) is 0. The van der Waals surface area contributed by atoms with Crippen LogP contribution in [-0.2, 0) is 0 Å². The van der Waals surface area contributed by atoms with Crippen molar-refractivity contribution in [1.29, 1.82) is 0 Å². The zero-order chi connectivity index (χ0) is 17.0. The van der Waals surface area contributed by atoms with E-state index in [1.54, 1.807) is 18.2 Å². The quantitative estimate of drug-likeness (QED) is 0.628. The van der Waals surface area contributed by atoms with Gasteiger partial charge in [-0.2, -0.15) is 26.3 Å². The molecule has 0 aliphatic rings. The molecule has 1 rings (SSSR count). The molecule has 0 radical (unpaired) electrons. The fraction of sp³-hybridized carbons (Fsp3) is 0.385. The average Bonchev–Trinajstić information content (AvgIpc) is 2.37. The molecular weight excluding hydrogens is 334 g/mol. The molecule has 2 N–H and O–H groups in total. The molecule has 0 bridgehead atoms. The molecular formula is C13H12F6O2S. The summed E-state index contributed by atoms with van der Waals surface area (Å²) in [6.07, 6.45) is -16.5. The number of aliphatic hydroxyl groups is 2. The van der Waals surface area contributed by atoms with Gasteiger partial charge in [-0.05, 0) is 23.1 Å². The molecule has 0 aromatic heterocycles. The molecule has 22 heavy (non-hydrogen) atoms. The minimum atomic E-state index is -4.99. The Morgan fingerprint density at radius 3 is 2.00 bits per heavy atom. The third kappa shape index (κ3) is 6.29. The minimum absolute atomic E-state index is 0.270. The van der Waals surface area contributed by atoms with Gasteiger partial charge in [0.2, 0.25) is 0 Å². The van der Waals surface area contributed by atoms with Gasteiger partial charge in [0.05, 0.1) is 0 Å². The SMILES string of the molecule is O[C@H](/C=C(/C[C@H](O)C(F)(F)F)Sc1ccccc1)C(F)(F)F. The van der Waals surface area contributed by atoms with Crippen LogP contribution in [0.15, 0.2) is 46.2 Å². The summed E-state index contributed by atoms with van der Waals surface area (Å²) in [4.78, 5) is -0.0432. The van der Waals surface area contributed by atoms with Crippen LogP contribution in [0.5, 0.6) is 0 Å². The maximum atomic E-state index is 12.3. The van der Waals surface area contributed by atoms with Gasteiger partial charge in [-0.25, -0.2) is 0 Å². The van der Waals surface area contributed by atoms with E-state index < -0.39 is 35.9 Å². The van der Waals surface area contributed by atoms with Gasteiger partial charge in [0, 0.05) is 11.3 Å². The number of halogens is 6. The first-order valence-corrected chi connectivity index (χ1v) is 6.75. The lowest BCUT2D eigenvalue weighted by molar-refractivity contribution is -0.202. The van der Waals surface area contributed by atoms with Gasteiger partial charge in [-0.3, -0.25) is 0 Å². The summed E-state index contributed by atoms with van der Waals surface area (Å²) >= 11 is 0.619. The molecule has 1 aromatic rings. The minimum Gasteiger partial charge on any atom is -0.383 e. The van der Waals surface area contributed by atoms with Crippen LogP contribution in [0.25, 0.3) is 0 Å². The molecule has 0 unspecified atom stereocenters. The molecule has 2 nitrogen and oxygen atoms in total. The van der Waals surface area contributed by atoms with Gasteiger partial charge in [0.1, 0.15) is 0 Å². The Bertz CT molecular complexity index is 497. The molecule has 0 heterocycles. The van der Waals surface area contributed by atoms with E-state index in [0.717, 1.165) is 0 Å². The van der Waals surface area contributed by atoms with Crippen molar-refractivity contribution in [2.24, 2.45) is 0 Å². The smallest absolute Gasteiger partial charge is 0.383 e. The number of hydrogen-bond acceptors (Lipinski definition) is 3. The fourth-order valence-electron chi connectivity index (χ4n) is 1.36. The number of rotatable bonds is 5. The van der Waals surface area contributed by atoms with Crippen molar-refractivity contribution < 1.29 is 36.6 Å². The zero-order valence-corrected chi connectivity index (χ0v) is 11.7. The Morgan fingerprint density at radius 2 is 1.55 bits per heavy atom. The standard InChI is InChI=1S/C13H12F6O2S/c14-12(15,16)10(20)6-9(7-11(21)13(17,18)19)22-8-4-2-1-3-5-8/h1-6,10-11,20-21H,7H2/b9-6-/t10-,11+/m1/s1. The summed E-state index contributed by atoms with van der Waals surface area (Å²) in [5.41, 5.74) is 0. The average molecular weight is 346 g/mol. The summed E-state index contributed by atoms with van der Waals surface area (Å²) in [6, 6.07) is 7.71. The fourth-order valence-corrected chi connectivity index (χ4v) is 2.39. The molecule has 0 aliphatic carbocycles. The van der Waals surface area contributed by atoms with Crippen LogP contribution in [0.2, 0.25) is 0 Å². The maximum Gasteiger partial charge on any atom is 0.418 e. The van der Waals surface area contributed by atoms with Gasteiger partial charge in [0.15, 0.2) is 12.2 Å². The highest BCUT2D eigenvalue weighted by Gasteiger charge is 2.40. The molecule has 0 saturated heterocycles. The second-order valence-electron chi connectivity index (χ2n) is 4.30. The first kappa shape index (κ1) is 18.9. The Labute approximate surface area is 126 Å². The van der Waals surface area contributed by atoms with E-state index >= 15 is 0 Å². The van der Waals surface area contributed by atoms with Gasteiger partial charge in [-0.15, -0.1) is 0 Å². The second kappa shape index (κ2) is 7.38. The van der Waals surface area contributed by atoms with Crippen molar-refractivity contribution in [1.82, 2.24) is 0 Å². The predicted molar refractivity (Wildman–Crippen MR) is 69.1 cm³/mol. The van der Waals surface area contributed by atoms with Crippen molar-refractivity contribution in [3.63, 3.8) is 0 Å². The van der Waals surface area contributed by atoms with Crippen LogP contribution >= 0.6 is 11.8 Å². The molecule has 0 spiro atoms. The molecule has 1 aromatic carbocycles. The van der Waals surface area contributed by atoms with Gasteiger partial charge >= 0.3 is 12.4 Å². The van der Waals surface area contributed by atoms with E-state index in [2.05, 4.69) is 0 Å². The lowest BCUT2D eigenvalue weighted by Crippen LogP contribution is -2.30. The number of alkyl halides is 6. The number of aliphatic hydroxyl groups excluding tert-OH is 2. The highest BCUT2D eigenvalue weighted by Crippen LogP contribution is 2.35. The van der Waals surface area contributed by atoms with Crippen LogP contribution < -0.4 is 0 Å². The zero-order valence-electron chi connectivity index (χ0n) is 10.9. The lowest BCUT2D eigenvalue weighted by atomic mass is 10.2. The third-order valence-corrected chi connectivity index (χ3v) is 3.52. The normalized spacial score (nSPS) is 16.5. The topological polar surface area (TPSA) is 40.5 Å². The number of thioether (sulfide) groups is 1. The van der Waals surface area contributed by atoms with E-state index in [1.165, 1.54) is 12.1 Å². The monoisotopic (exact) mass is 346 g/mol. The van der Waals surface area contributed by atoms with Crippen molar-refractivity contribution in [2.45, 2.75) is 35.9 Å². The first-order valence-electron chi connectivity index (χ1n) is 5.93. The summed E-state index contributed by atoms with van der Waals surface area (Å²) in [5, 5.41) is 18.0. The van der Waals surface area contributed by atoms with E-state index in [9.17, 15) is 26.3 Å². The van der Waals surface area contributed by atoms with E-state index in [1.807, 2.05) is 0 Å². The maximum absolute atomic E-state index is 12.3. The Kier molecular flexibility index (Phi) is 6.33.